The minimum absolute atomic E-state index is 0.182. The van der Waals surface area contributed by atoms with E-state index in [1.54, 1.807) is 64.0 Å². The molecule has 8 nitrogen and oxygen atoms in total. The lowest BCUT2D eigenvalue weighted by atomic mass is 9.92. The second-order valence-corrected chi connectivity index (χ2v) is 16.7. The van der Waals surface area contributed by atoms with Gasteiger partial charge in [-0.25, -0.2) is 9.34 Å². The number of anilines is 2. The largest absolute Gasteiger partial charge is 0.431 e. The van der Waals surface area contributed by atoms with Crippen LogP contribution in [0.25, 0.3) is 32.7 Å². The van der Waals surface area contributed by atoms with Gasteiger partial charge >= 0.3 is 17.1 Å². The molecule has 0 fully saturated rings. The van der Waals surface area contributed by atoms with Crippen LogP contribution in [-0.4, -0.2) is 18.4 Å². The molecule has 7 aromatic carbocycles. The number of allylic oxidation sites excluding steroid dienone is 2. The summed E-state index contributed by atoms with van der Waals surface area (Å²) in [6, 6.07) is 45.6. The molecule has 2 aliphatic heterocycles. The fourth-order valence-corrected chi connectivity index (χ4v) is 9.88. The van der Waals surface area contributed by atoms with Gasteiger partial charge in [0.1, 0.15) is 17.2 Å². The number of benzene rings is 7. The molecule has 0 saturated carbocycles. The van der Waals surface area contributed by atoms with E-state index >= 15 is 0 Å². The predicted molar refractivity (Wildman–Crippen MR) is 239 cm³/mol. The van der Waals surface area contributed by atoms with Crippen LogP contribution in [0.2, 0.25) is 5.02 Å². The first kappa shape index (κ1) is 38.3. The van der Waals surface area contributed by atoms with Gasteiger partial charge in [0.25, 0.3) is 11.8 Å². The Kier molecular flexibility index (Phi) is 10.7. The first-order chi connectivity index (χ1) is 28.8. The second kappa shape index (κ2) is 16.5. The van der Waals surface area contributed by atoms with Crippen molar-refractivity contribution in [2.45, 2.75) is 6.92 Å². The molecular weight excluding hydrogens is 798 g/mol. The lowest BCUT2D eigenvalue weighted by Crippen LogP contribution is -2.33. The molecule has 0 radical (unpaired) electrons. The Hall–Kier alpha value is -6.27. The molecule has 7 aromatic rings. The zero-order valence-corrected chi connectivity index (χ0v) is 34.2. The Morgan fingerprint density at radius 1 is 0.627 bits per heavy atom. The number of aryl methyl sites for hydroxylation is 1. The molecule has 11 heteroatoms. The van der Waals surface area contributed by atoms with Crippen molar-refractivity contribution in [3.63, 3.8) is 0 Å². The average molecular weight is 833 g/mol. The highest BCUT2D eigenvalue weighted by Gasteiger charge is 2.40. The maximum atomic E-state index is 14.3. The maximum absolute atomic E-state index is 14.3. The smallest absolute Gasteiger partial charge is 0.424 e. The molecule has 2 unspecified atom stereocenters. The number of para-hydroxylation sites is 1. The van der Waals surface area contributed by atoms with Crippen molar-refractivity contribution in [2.24, 2.45) is 0 Å². The van der Waals surface area contributed by atoms with Crippen LogP contribution < -0.4 is 22.9 Å². The minimum atomic E-state index is -2.13. The van der Waals surface area contributed by atoms with Gasteiger partial charge < -0.3 is 18.1 Å². The summed E-state index contributed by atoms with van der Waals surface area (Å²) in [7, 11) is -4.24. The lowest BCUT2D eigenvalue weighted by molar-refractivity contribution is -0.113. The first-order valence-corrected chi connectivity index (χ1v) is 21.4. The van der Waals surface area contributed by atoms with Gasteiger partial charge in [0.15, 0.2) is 0 Å². The van der Waals surface area contributed by atoms with E-state index in [1.807, 2.05) is 122 Å². The third kappa shape index (κ3) is 7.60. The van der Waals surface area contributed by atoms with Crippen LogP contribution in [0.15, 0.2) is 182 Å². The molecule has 0 bridgehead atoms. The molecule has 2 heterocycles. The molecule has 2 aliphatic rings. The molecule has 0 aromatic heterocycles. The number of hydrogen-bond acceptors (Lipinski definition) is 6. The van der Waals surface area contributed by atoms with Crippen molar-refractivity contribution >= 4 is 73.4 Å². The van der Waals surface area contributed by atoms with Gasteiger partial charge in [-0.1, -0.05) is 133 Å². The fourth-order valence-electron chi connectivity index (χ4n) is 6.95. The summed E-state index contributed by atoms with van der Waals surface area (Å²) in [6.45, 7) is 6.26. The third-order valence-electron chi connectivity index (χ3n) is 9.84. The van der Waals surface area contributed by atoms with Crippen LogP contribution >= 0.6 is 28.7 Å². The van der Waals surface area contributed by atoms with E-state index in [2.05, 4.69) is 6.58 Å². The normalized spacial score (nSPS) is 18.0. The van der Waals surface area contributed by atoms with Crippen molar-refractivity contribution in [3.8, 4) is 28.4 Å². The summed E-state index contributed by atoms with van der Waals surface area (Å²) in [5.74, 6) is 0.713. The van der Waals surface area contributed by atoms with Crippen molar-refractivity contribution in [3.05, 3.63) is 198 Å². The van der Waals surface area contributed by atoms with E-state index in [-0.39, 0.29) is 24.0 Å². The van der Waals surface area contributed by atoms with Crippen molar-refractivity contribution in [2.75, 3.05) is 15.9 Å². The predicted octanol–water partition coefficient (Wildman–Crippen LogP) is 13.3. The van der Waals surface area contributed by atoms with E-state index in [0.29, 0.717) is 50.3 Å². The summed E-state index contributed by atoms with van der Waals surface area (Å²) in [4.78, 5) is 28.6. The summed E-state index contributed by atoms with van der Waals surface area (Å²) in [6.07, 6.45) is 7.14. The number of carbonyl (C=O) groups excluding carboxylic acids is 2. The molecule has 0 spiro atoms. The van der Waals surface area contributed by atoms with E-state index in [1.165, 1.54) is 0 Å². The van der Waals surface area contributed by atoms with Crippen LogP contribution in [0.5, 0.6) is 17.2 Å². The van der Waals surface area contributed by atoms with E-state index in [0.717, 1.165) is 27.1 Å². The molecule has 290 valence electrons. The summed E-state index contributed by atoms with van der Waals surface area (Å²) < 4.78 is 30.2. The quantitative estimate of drug-likeness (QED) is 0.118. The molecule has 2 amide bonds. The average Bonchev–Trinajstić information content (AvgIpc) is 3.26. The number of amides is 2. The van der Waals surface area contributed by atoms with E-state index < -0.39 is 17.1 Å². The Morgan fingerprint density at radius 3 is 1.85 bits per heavy atom. The number of hydrogen-bond donors (Lipinski definition) is 0. The Bertz CT molecular complexity index is 2830. The molecular formula is C48H35ClN2O6P2. The summed E-state index contributed by atoms with van der Waals surface area (Å²) in [5.41, 5.74) is 4.32. The summed E-state index contributed by atoms with van der Waals surface area (Å²) >= 11 is 6.30. The van der Waals surface area contributed by atoms with E-state index in [4.69, 9.17) is 29.7 Å². The zero-order valence-electron chi connectivity index (χ0n) is 31.7. The van der Waals surface area contributed by atoms with Gasteiger partial charge in [-0.05, 0) is 89.1 Å². The highest BCUT2D eigenvalue weighted by molar-refractivity contribution is 7.51. The van der Waals surface area contributed by atoms with Crippen LogP contribution in [0.1, 0.15) is 15.9 Å². The van der Waals surface area contributed by atoms with Crippen molar-refractivity contribution in [1.29, 1.82) is 0 Å². The van der Waals surface area contributed by atoms with Gasteiger partial charge in [-0.2, -0.15) is 0 Å². The second-order valence-electron chi connectivity index (χ2n) is 13.7. The van der Waals surface area contributed by atoms with Gasteiger partial charge in [0, 0.05) is 21.7 Å². The number of fused-ring (bicyclic) bond motifs is 3. The zero-order chi connectivity index (χ0) is 40.5. The topological polar surface area (TPSA) is 77.5 Å². The monoisotopic (exact) mass is 832 g/mol. The van der Waals surface area contributed by atoms with Gasteiger partial charge in [-0.3, -0.25) is 9.59 Å². The molecule has 2 atom stereocenters. The van der Waals surface area contributed by atoms with Crippen LogP contribution in [-0.2, 0) is 9.32 Å². The van der Waals surface area contributed by atoms with Crippen LogP contribution in [0.4, 0.5) is 11.4 Å². The first-order valence-electron chi connectivity index (χ1n) is 18.8. The molecule has 0 aliphatic carbocycles. The van der Waals surface area contributed by atoms with Gasteiger partial charge in [0.2, 0.25) is 0 Å². The van der Waals surface area contributed by atoms with Crippen molar-refractivity contribution in [1.82, 2.24) is 0 Å². The molecule has 0 N–H and O–H groups in total. The maximum Gasteiger partial charge on any atom is 0.424 e. The highest BCUT2D eigenvalue weighted by Crippen LogP contribution is 2.57. The standard InChI is InChI=1S/C48H35ClN2O6P2/c1-32-19-25-37(26-20-32)50-47(52)33(2)12-4-3-11-31-54-58(50)56-43-29-21-34-13-5-7-15-39(34)45(43)46-40-16-8-6-14-35(40)22-30-44(46)57-59-51(38-27-23-36(49)24-28-38)48(53)41-17-9-10-18-42(41)55-59/h3-30H,2,31H2,1H3/b11-3-,12-4-. The Balaban J connectivity index is 1.23. The number of rotatable bonds is 7. The van der Waals surface area contributed by atoms with Gasteiger partial charge in [0.05, 0.1) is 23.5 Å². The van der Waals surface area contributed by atoms with Crippen LogP contribution in [0.3, 0.4) is 0 Å². The van der Waals surface area contributed by atoms with E-state index in [9.17, 15) is 9.59 Å². The highest BCUT2D eigenvalue weighted by atomic mass is 35.5. The number of carbonyl (C=O) groups is 2. The SMILES string of the molecule is C=C1/C=C\C=C/COP(Oc2ccc3ccccc3c2-c2c(OP3Oc4ccccc4C(=O)N3c3ccc(Cl)cc3)ccc3ccccc23)N(c2ccc(C)cc2)C1=O. The Labute approximate surface area is 349 Å². The molecule has 9 rings (SSSR count). The Morgan fingerprint density at radius 2 is 1.19 bits per heavy atom. The number of halogens is 1. The third-order valence-corrected chi connectivity index (χ3v) is 13.0. The molecule has 0 saturated heterocycles. The van der Waals surface area contributed by atoms with Gasteiger partial charge in [-0.15, -0.1) is 0 Å². The lowest BCUT2D eigenvalue weighted by Gasteiger charge is -2.34. The van der Waals surface area contributed by atoms with Crippen molar-refractivity contribution < 1.29 is 27.7 Å². The fraction of sp³-hybridized carbons (Fsp3) is 0.0417. The number of nitrogens with zero attached hydrogens (tertiary/aromatic N) is 2. The summed E-state index contributed by atoms with van der Waals surface area (Å²) in [5, 5.41) is 4.18. The van der Waals surface area contributed by atoms with Crippen LogP contribution in [0, 0.1) is 6.92 Å². The minimum Gasteiger partial charge on any atom is -0.431 e. The molecule has 59 heavy (non-hydrogen) atoms.